The maximum absolute atomic E-state index is 13.3. The molecule has 1 saturated heterocycles. The van der Waals surface area contributed by atoms with E-state index >= 15 is 0 Å². The van der Waals surface area contributed by atoms with E-state index in [0.29, 0.717) is 29.7 Å². The average molecular weight is 358 g/mol. The van der Waals surface area contributed by atoms with Crippen molar-refractivity contribution in [3.05, 3.63) is 35.9 Å². The molecule has 2 aliphatic rings. The molecule has 0 N–H and O–H groups in total. The molecule has 2 heterocycles. The molecule has 0 unspecified atom stereocenters. The summed E-state index contributed by atoms with van der Waals surface area (Å²) < 4.78 is 18.6. The Kier molecular flexibility index (Phi) is 4.97. The number of carbonyl (C=O) groups is 1. The van der Waals surface area contributed by atoms with Gasteiger partial charge in [-0.1, -0.05) is 24.1 Å². The van der Waals surface area contributed by atoms with Gasteiger partial charge in [0.1, 0.15) is 5.82 Å². The second-order valence-electron chi connectivity index (χ2n) is 7.11. The normalized spacial score (nSPS) is 19.2. The van der Waals surface area contributed by atoms with E-state index < -0.39 is 0 Å². The second kappa shape index (κ2) is 7.53. The Morgan fingerprint density at radius 2 is 1.96 bits per heavy atom. The van der Waals surface area contributed by atoms with Crippen LogP contribution in [-0.2, 0) is 11.3 Å². The zero-order valence-corrected chi connectivity index (χ0v) is 14.7. The molecular formula is C19H23FN4O2. The number of rotatable bonds is 4. The van der Waals surface area contributed by atoms with Gasteiger partial charge in [0.05, 0.1) is 6.54 Å². The molecule has 1 amide bonds. The smallest absolute Gasteiger partial charge is 0.258 e. The Morgan fingerprint density at radius 3 is 2.69 bits per heavy atom. The first-order valence-electron chi connectivity index (χ1n) is 9.29. The van der Waals surface area contributed by atoms with Crippen molar-refractivity contribution in [2.24, 2.45) is 5.92 Å². The Hall–Kier alpha value is -2.28. The largest absolute Gasteiger partial charge is 0.340 e. The maximum atomic E-state index is 13.3. The number of carbonyl (C=O) groups excluding carboxylic acids is 1. The van der Waals surface area contributed by atoms with Gasteiger partial charge in [0.15, 0.2) is 5.82 Å². The summed E-state index contributed by atoms with van der Waals surface area (Å²) in [5, 5.41) is 4.00. The maximum Gasteiger partial charge on any atom is 0.258 e. The Morgan fingerprint density at radius 1 is 1.19 bits per heavy atom. The minimum Gasteiger partial charge on any atom is -0.340 e. The Balaban J connectivity index is 1.31. The van der Waals surface area contributed by atoms with Gasteiger partial charge in [-0.3, -0.25) is 9.69 Å². The van der Waals surface area contributed by atoms with Gasteiger partial charge in [-0.2, -0.15) is 4.98 Å². The molecule has 0 radical (unpaired) electrons. The lowest BCUT2D eigenvalue weighted by Crippen LogP contribution is -2.49. The zero-order chi connectivity index (χ0) is 17.9. The van der Waals surface area contributed by atoms with Crippen molar-refractivity contribution in [3.63, 3.8) is 0 Å². The first-order valence-corrected chi connectivity index (χ1v) is 9.29. The quantitative estimate of drug-likeness (QED) is 0.841. The number of hydrogen-bond acceptors (Lipinski definition) is 5. The van der Waals surface area contributed by atoms with Crippen molar-refractivity contribution < 1.29 is 13.7 Å². The van der Waals surface area contributed by atoms with Gasteiger partial charge in [-0.15, -0.1) is 0 Å². The number of piperazine rings is 1. The van der Waals surface area contributed by atoms with E-state index in [-0.39, 0.29) is 11.7 Å². The van der Waals surface area contributed by atoms with Gasteiger partial charge in [-0.25, -0.2) is 4.39 Å². The fourth-order valence-electron chi connectivity index (χ4n) is 3.81. The topological polar surface area (TPSA) is 62.5 Å². The van der Waals surface area contributed by atoms with E-state index in [1.54, 1.807) is 12.1 Å². The molecule has 0 spiro atoms. The molecule has 2 aromatic rings. The van der Waals surface area contributed by atoms with E-state index in [9.17, 15) is 9.18 Å². The lowest BCUT2D eigenvalue weighted by molar-refractivity contribution is -0.137. The minimum absolute atomic E-state index is 0.243. The molecule has 1 aromatic carbocycles. The summed E-state index contributed by atoms with van der Waals surface area (Å²) in [5.41, 5.74) is 0.579. The number of benzene rings is 1. The van der Waals surface area contributed by atoms with Crippen molar-refractivity contribution >= 4 is 5.91 Å². The molecule has 4 rings (SSSR count). The Labute approximate surface area is 152 Å². The number of amides is 1. The monoisotopic (exact) mass is 358 g/mol. The highest BCUT2D eigenvalue weighted by Crippen LogP contribution is 2.27. The molecule has 1 aliphatic carbocycles. The highest BCUT2D eigenvalue weighted by atomic mass is 19.1. The van der Waals surface area contributed by atoms with Crippen LogP contribution in [0.25, 0.3) is 11.5 Å². The molecule has 1 aliphatic heterocycles. The van der Waals surface area contributed by atoms with Crippen LogP contribution in [0.1, 0.15) is 31.5 Å². The molecule has 138 valence electrons. The third kappa shape index (κ3) is 3.77. The predicted molar refractivity (Wildman–Crippen MR) is 93.5 cm³/mol. The lowest BCUT2D eigenvalue weighted by atomic mass is 10.1. The molecule has 0 bridgehead atoms. The van der Waals surface area contributed by atoms with Crippen LogP contribution in [0, 0.1) is 11.7 Å². The van der Waals surface area contributed by atoms with Crippen molar-refractivity contribution in [2.75, 3.05) is 26.2 Å². The number of nitrogens with zero attached hydrogens (tertiary/aromatic N) is 4. The third-order valence-electron chi connectivity index (χ3n) is 5.29. The highest BCUT2D eigenvalue weighted by molar-refractivity contribution is 5.79. The highest BCUT2D eigenvalue weighted by Gasteiger charge is 2.29. The number of hydrogen-bond donors (Lipinski definition) is 0. The summed E-state index contributed by atoms with van der Waals surface area (Å²) in [5.74, 6) is 1.15. The van der Waals surface area contributed by atoms with Crippen LogP contribution in [0.2, 0.25) is 0 Å². The molecular weight excluding hydrogens is 335 g/mol. The van der Waals surface area contributed by atoms with Crippen molar-refractivity contribution in [1.82, 2.24) is 19.9 Å². The standard InChI is InChI=1S/C19H23FN4O2/c20-16-7-3-6-15(12-16)18-21-17(22-26-18)13-23-8-10-24(11-9-23)19(25)14-4-1-2-5-14/h3,6-7,12,14H,1-2,4-5,8-11,13H2. The van der Waals surface area contributed by atoms with Gasteiger partial charge in [0.25, 0.3) is 5.89 Å². The summed E-state index contributed by atoms with van der Waals surface area (Å²) in [6.07, 6.45) is 4.46. The zero-order valence-electron chi connectivity index (χ0n) is 14.7. The first kappa shape index (κ1) is 17.1. The Bertz CT molecular complexity index is 764. The van der Waals surface area contributed by atoms with Gasteiger partial charge in [0.2, 0.25) is 5.91 Å². The van der Waals surface area contributed by atoms with Crippen LogP contribution in [0.3, 0.4) is 0 Å². The fraction of sp³-hybridized carbons (Fsp3) is 0.526. The molecule has 1 aromatic heterocycles. The van der Waals surface area contributed by atoms with E-state index in [1.165, 1.54) is 25.0 Å². The molecule has 7 heteroatoms. The van der Waals surface area contributed by atoms with E-state index in [4.69, 9.17) is 4.52 Å². The van der Waals surface area contributed by atoms with Gasteiger partial charge in [-0.05, 0) is 31.0 Å². The van der Waals surface area contributed by atoms with Gasteiger partial charge >= 0.3 is 0 Å². The van der Waals surface area contributed by atoms with Gasteiger partial charge < -0.3 is 9.42 Å². The van der Waals surface area contributed by atoms with Crippen molar-refractivity contribution in [2.45, 2.75) is 32.2 Å². The van der Waals surface area contributed by atoms with Crippen LogP contribution in [0.15, 0.2) is 28.8 Å². The van der Waals surface area contributed by atoms with E-state index in [1.807, 2.05) is 4.90 Å². The van der Waals surface area contributed by atoms with Crippen LogP contribution in [0.5, 0.6) is 0 Å². The summed E-state index contributed by atoms with van der Waals surface area (Å²) in [7, 11) is 0. The minimum atomic E-state index is -0.328. The van der Waals surface area contributed by atoms with Crippen molar-refractivity contribution in [3.8, 4) is 11.5 Å². The molecule has 0 atom stereocenters. The van der Waals surface area contributed by atoms with Crippen molar-refractivity contribution in [1.29, 1.82) is 0 Å². The van der Waals surface area contributed by atoms with Crippen LogP contribution in [0.4, 0.5) is 4.39 Å². The summed E-state index contributed by atoms with van der Waals surface area (Å²) in [4.78, 5) is 21.1. The molecule has 26 heavy (non-hydrogen) atoms. The van der Waals surface area contributed by atoms with Crippen LogP contribution >= 0.6 is 0 Å². The third-order valence-corrected chi connectivity index (χ3v) is 5.29. The summed E-state index contributed by atoms with van der Waals surface area (Å²) in [6, 6.07) is 6.13. The fourth-order valence-corrected chi connectivity index (χ4v) is 3.81. The van der Waals surface area contributed by atoms with Crippen LogP contribution in [-0.4, -0.2) is 52.0 Å². The summed E-state index contributed by atoms with van der Waals surface area (Å²) in [6.45, 7) is 3.70. The number of aromatic nitrogens is 2. The SMILES string of the molecule is O=C(C1CCCC1)N1CCN(Cc2noc(-c3cccc(F)c3)n2)CC1. The molecule has 1 saturated carbocycles. The molecule has 6 nitrogen and oxygen atoms in total. The summed E-state index contributed by atoms with van der Waals surface area (Å²) >= 11 is 0. The first-order chi connectivity index (χ1) is 12.7. The lowest BCUT2D eigenvalue weighted by Gasteiger charge is -2.35. The van der Waals surface area contributed by atoms with E-state index in [2.05, 4.69) is 15.0 Å². The second-order valence-corrected chi connectivity index (χ2v) is 7.11. The predicted octanol–water partition coefficient (Wildman–Crippen LogP) is 2.71. The molecule has 2 fully saturated rings. The average Bonchev–Trinajstić information content (AvgIpc) is 3.34. The van der Waals surface area contributed by atoms with Gasteiger partial charge in [0, 0.05) is 37.7 Å². The van der Waals surface area contributed by atoms with E-state index in [0.717, 1.165) is 39.0 Å². The van der Waals surface area contributed by atoms with Crippen LogP contribution < -0.4 is 0 Å². The number of halogens is 1.